The molecular formula is C29H23ClN2O4S. The third-order valence-electron chi connectivity index (χ3n) is 5.46. The van der Waals surface area contributed by atoms with E-state index in [0.29, 0.717) is 11.3 Å². The predicted octanol–water partition coefficient (Wildman–Crippen LogP) is 7.07. The SMILES string of the molecule is Cc1cccc(C(=O)Nc2ccc(SC(C(=O)Nc3cc(C(=O)O)ccc3Cl)c3ccccc3)cc2)c1. The molecule has 186 valence electrons. The highest BCUT2D eigenvalue weighted by Crippen LogP contribution is 2.37. The second-order valence-corrected chi connectivity index (χ2v) is 9.83. The molecule has 0 saturated carbocycles. The smallest absolute Gasteiger partial charge is 0.335 e. The minimum atomic E-state index is -1.12. The summed E-state index contributed by atoms with van der Waals surface area (Å²) in [6, 6.07) is 28.0. The fourth-order valence-corrected chi connectivity index (χ4v) is 4.78. The quantitative estimate of drug-likeness (QED) is 0.212. The summed E-state index contributed by atoms with van der Waals surface area (Å²) in [6.07, 6.45) is 0. The summed E-state index contributed by atoms with van der Waals surface area (Å²) in [5.74, 6) is -1.67. The summed E-state index contributed by atoms with van der Waals surface area (Å²) in [6.45, 7) is 1.93. The Kier molecular flexibility index (Phi) is 8.28. The van der Waals surface area contributed by atoms with Crippen LogP contribution in [0.1, 0.15) is 37.1 Å². The predicted molar refractivity (Wildman–Crippen MR) is 148 cm³/mol. The van der Waals surface area contributed by atoms with Gasteiger partial charge in [0.05, 0.1) is 16.3 Å². The maximum Gasteiger partial charge on any atom is 0.335 e. The van der Waals surface area contributed by atoms with Crippen molar-refractivity contribution in [2.45, 2.75) is 17.1 Å². The summed E-state index contributed by atoms with van der Waals surface area (Å²) in [5, 5.41) is 14.5. The highest BCUT2D eigenvalue weighted by atomic mass is 35.5. The molecule has 4 aromatic rings. The van der Waals surface area contributed by atoms with Gasteiger partial charge in [-0.1, -0.05) is 59.6 Å². The monoisotopic (exact) mass is 530 g/mol. The minimum Gasteiger partial charge on any atom is -0.478 e. The van der Waals surface area contributed by atoms with Gasteiger partial charge in [0.2, 0.25) is 5.91 Å². The first-order valence-corrected chi connectivity index (χ1v) is 12.6. The number of thioether (sulfide) groups is 1. The van der Waals surface area contributed by atoms with E-state index in [4.69, 9.17) is 11.6 Å². The highest BCUT2D eigenvalue weighted by Gasteiger charge is 2.23. The molecule has 8 heteroatoms. The van der Waals surface area contributed by atoms with Gasteiger partial charge in [-0.3, -0.25) is 9.59 Å². The van der Waals surface area contributed by atoms with E-state index in [1.165, 1.54) is 30.0 Å². The van der Waals surface area contributed by atoms with E-state index in [1.54, 1.807) is 18.2 Å². The molecular weight excluding hydrogens is 508 g/mol. The standard InChI is InChI=1S/C29H23ClN2O4S/c1-18-6-5-9-20(16-18)27(33)31-22-11-13-23(14-12-22)37-26(19-7-3-2-4-8-19)28(34)32-25-17-21(29(35)36)10-15-24(25)30/h2-17,26H,1H3,(H,31,33)(H,32,34)(H,35,36). The number of rotatable bonds is 8. The number of carbonyl (C=O) groups is 3. The number of hydrogen-bond donors (Lipinski definition) is 3. The van der Waals surface area contributed by atoms with Gasteiger partial charge in [0.25, 0.3) is 5.91 Å². The largest absolute Gasteiger partial charge is 0.478 e. The molecule has 37 heavy (non-hydrogen) atoms. The number of nitrogens with one attached hydrogen (secondary N) is 2. The number of carboxylic acid groups (broad SMARTS) is 1. The number of benzene rings is 4. The number of halogens is 1. The van der Waals surface area contributed by atoms with Crippen molar-refractivity contribution in [1.82, 2.24) is 0 Å². The number of anilines is 2. The lowest BCUT2D eigenvalue weighted by Gasteiger charge is -2.18. The average Bonchev–Trinajstić information content (AvgIpc) is 2.89. The van der Waals surface area contributed by atoms with Crippen molar-refractivity contribution in [2.24, 2.45) is 0 Å². The van der Waals surface area contributed by atoms with E-state index >= 15 is 0 Å². The minimum absolute atomic E-state index is 0.0203. The summed E-state index contributed by atoms with van der Waals surface area (Å²) in [7, 11) is 0. The highest BCUT2D eigenvalue weighted by molar-refractivity contribution is 8.00. The Labute approximate surface area is 223 Å². The van der Waals surface area contributed by atoms with Crippen molar-refractivity contribution in [3.63, 3.8) is 0 Å². The molecule has 0 fully saturated rings. The Morgan fingerprint density at radius 3 is 2.22 bits per heavy atom. The van der Waals surface area contributed by atoms with Crippen LogP contribution < -0.4 is 10.6 Å². The summed E-state index contributed by atoms with van der Waals surface area (Å²) < 4.78 is 0. The topological polar surface area (TPSA) is 95.5 Å². The molecule has 0 heterocycles. The average molecular weight is 531 g/mol. The zero-order valence-electron chi connectivity index (χ0n) is 19.8. The first kappa shape index (κ1) is 26.0. The molecule has 0 aliphatic rings. The molecule has 2 amide bonds. The second kappa shape index (κ2) is 11.8. The Bertz CT molecular complexity index is 1440. The number of amides is 2. The molecule has 0 aliphatic heterocycles. The first-order valence-electron chi connectivity index (χ1n) is 11.3. The molecule has 1 unspecified atom stereocenters. The molecule has 0 spiro atoms. The number of aromatic carboxylic acids is 1. The van der Waals surface area contributed by atoms with Gasteiger partial charge in [-0.2, -0.15) is 0 Å². The number of hydrogen-bond acceptors (Lipinski definition) is 4. The van der Waals surface area contributed by atoms with Crippen molar-refractivity contribution < 1.29 is 19.5 Å². The van der Waals surface area contributed by atoms with Crippen LogP contribution in [0.2, 0.25) is 5.02 Å². The van der Waals surface area contributed by atoms with Gasteiger partial charge in [-0.05, 0) is 67.1 Å². The summed E-state index contributed by atoms with van der Waals surface area (Å²) in [4.78, 5) is 38.1. The maximum absolute atomic E-state index is 13.4. The molecule has 3 N–H and O–H groups in total. The number of aryl methyl sites for hydroxylation is 1. The normalized spacial score (nSPS) is 11.4. The van der Waals surface area contributed by atoms with Crippen molar-refractivity contribution >= 4 is 52.5 Å². The molecule has 6 nitrogen and oxygen atoms in total. The Hall–Kier alpha value is -4.07. The Morgan fingerprint density at radius 1 is 0.811 bits per heavy atom. The lowest BCUT2D eigenvalue weighted by Crippen LogP contribution is -2.19. The van der Waals surface area contributed by atoms with Crippen molar-refractivity contribution in [3.05, 3.63) is 124 Å². The van der Waals surface area contributed by atoms with Gasteiger partial charge in [-0.15, -0.1) is 11.8 Å². The van der Waals surface area contributed by atoms with E-state index in [-0.39, 0.29) is 28.1 Å². The molecule has 0 radical (unpaired) electrons. The van der Waals surface area contributed by atoms with Gasteiger partial charge in [-0.25, -0.2) is 4.79 Å². The van der Waals surface area contributed by atoms with Gasteiger partial charge in [0.1, 0.15) is 5.25 Å². The molecule has 0 aliphatic carbocycles. The summed E-state index contributed by atoms with van der Waals surface area (Å²) >= 11 is 7.55. The zero-order valence-corrected chi connectivity index (χ0v) is 21.3. The summed E-state index contributed by atoms with van der Waals surface area (Å²) in [5.41, 5.74) is 3.22. The third-order valence-corrected chi connectivity index (χ3v) is 7.05. The van der Waals surface area contributed by atoms with Crippen molar-refractivity contribution in [2.75, 3.05) is 10.6 Å². The lowest BCUT2D eigenvalue weighted by molar-refractivity contribution is -0.115. The van der Waals surface area contributed by atoms with E-state index in [9.17, 15) is 19.5 Å². The molecule has 4 rings (SSSR count). The van der Waals surface area contributed by atoms with Crippen LogP contribution >= 0.6 is 23.4 Å². The maximum atomic E-state index is 13.4. The fraction of sp³-hybridized carbons (Fsp3) is 0.0690. The van der Waals surface area contributed by atoms with Crippen molar-refractivity contribution in [3.8, 4) is 0 Å². The van der Waals surface area contributed by atoms with Gasteiger partial charge >= 0.3 is 5.97 Å². The van der Waals surface area contributed by atoms with Crippen molar-refractivity contribution in [1.29, 1.82) is 0 Å². The van der Waals surface area contributed by atoms with Crippen LogP contribution in [0, 0.1) is 6.92 Å². The fourth-order valence-electron chi connectivity index (χ4n) is 3.60. The van der Waals surface area contributed by atoms with Gasteiger partial charge in [0, 0.05) is 16.1 Å². The Balaban J connectivity index is 1.52. The van der Waals surface area contributed by atoms with Crippen LogP contribution in [-0.2, 0) is 4.79 Å². The van der Waals surface area contributed by atoms with E-state index in [1.807, 2.05) is 67.6 Å². The van der Waals surface area contributed by atoms with E-state index in [0.717, 1.165) is 16.0 Å². The van der Waals surface area contributed by atoms with Gasteiger partial charge in [0.15, 0.2) is 0 Å². The lowest BCUT2D eigenvalue weighted by atomic mass is 10.1. The van der Waals surface area contributed by atoms with Crippen LogP contribution in [0.25, 0.3) is 0 Å². The van der Waals surface area contributed by atoms with Crippen LogP contribution in [0.4, 0.5) is 11.4 Å². The first-order chi connectivity index (χ1) is 17.8. The van der Waals surface area contributed by atoms with Crippen LogP contribution in [-0.4, -0.2) is 22.9 Å². The molecule has 0 aromatic heterocycles. The molecule has 0 bridgehead atoms. The number of carbonyl (C=O) groups excluding carboxylic acids is 2. The van der Waals surface area contributed by atoms with Gasteiger partial charge < -0.3 is 15.7 Å². The molecule has 4 aromatic carbocycles. The molecule has 0 saturated heterocycles. The Morgan fingerprint density at radius 2 is 1.54 bits per heavy atom. The third kappa shape index (κ3) is 6.78. The van der Waals surface area contributed by atoms with E-state index in [2.05, 4.69) is 10.6 Å². The van der Waals surface area contributed by atoms with Crippen LogP contribution in [0.15, 0.2) is 102 Å². The number of carboxylic acids is 1. The van der Waals surface area contributed by atoms with Crippen LogP contribution in [0.3, 0.4) is 0 Å². The zero-order chi connectivity index (χ0) is 26.4. The molecule has 1 atom stereocenters. The van der Waals surface area contributed by atoms with Crippen LogP contribution in [0.5, 0.6) is 0 Å². The second-order valence-electron chi connectivity index (χ2n) is 8.25. The van der Waals surface area contributed by atoms with E-state index < -0.39 is 11.2 Å².